The Hall–Kier alpha value is -1.77. The zero-order valence-corrected chi connectivity index (χ0v) is 14.3. The summed E-state index contributed by atoms with van der Waals surface area (Å²) in [6.07, 6.45) is -5.19. The average molecular weight is 438 g/mol. The summed E-state index contributed by atoms with van der Waals surface area (Å²) >= 11 is -0.0494. The van der Waals surface area contributed by atoms with Gasteiger partial charge in [-0.15, -0.1) is 0 Å². The van der Waals surface area contributed by atoms with Crippen molar-refractivity contribution in [2.75, 3.05) is 6.61 Å². The molecule has 2 aromatic carbocycles. The predicted molar refractivity (Wildman–Crippen MR) is 72.5 cm³/mol. The molecule has 2 aromatic rings. The van der Waals surface area contributed by atoms with Crippen LogP contribution in [0.5, 0.6) is 5.75 Å². The highest BCUT2D eigenvalue weighted by molar-refractivity contribution is 5.70. The molecule has 0 atom stereocenters. The molecule has 7 heteroatoms. The van der Waals surface area contributed by atoms with Gasteiger partial charge in [0, 0.05) is 0 Å². The molecule has 0 radical (unpaired) electrons. The molecule has 0 spiro atoms. The Morgan fingerprint density at radius 2 is 1.52 bits per heavy atom. The van der Waals surface area contributed by atoms with E-state index in [1.165, 1.54) is 7.14 Å². The van der Waals surface area contributed by atoms with Crippen LogP contribution in [-0.2, 0) is 4.79 Å². The van der Waals surface area contributed by atoms with Crippen LogP contribution >= 0.6 is 0 Å². The summed E-state index contributed by atoms with van der Waals surface area (Å²) in [6.45, 7) is 2.73. The van der Waals surface area contributed by atoms with Gasteiger partial charge < -0.3 is 14.6 Å². The predicted octanol–water partition coefficient (Wildman–Crippen LogP) is -0.488. The van der Waals surface area contributed by atoms with E-state index in [2.05, 4.69) is 54.6 Å². The molecule has 0 fully saturated rings. The molecule has 0 aromatic heterocycles. The lowest BCUT2D eigenvalue weighted by Crippen LogP contribution is -3.61. The number of hydrogen-bond acceptors (Lipinski definition) is 3. The van der Waals surface area contributed by atoms with Crippen molar-refractivity contribution in [1.82, 2.24) is 0 Å². The molecule has 0 bridgehead atoms. The molecule has 0 saturated carbocycles. The van der Waals surface area contributed by atoms with Crippen molar-refractivity contribution < 1.29 is 49.0 Å². The third-order valence-electron chi connectivity index (χ3n) is 2.31. The van der Waals surface area contributed by atoms with Crippen LogP contribution in [0, 0.1) is 7.14 Å². The summed E-state index contributed by atoms with van der Waals surface area (Å²) in [5.41, 5.74) is 0. The summed E-state index contributed by atoms with van der Waals surface area (Å²) in [5, 5.41) is 8.78. The fraction of sp³-hybridized carbons (Fsp3) is 0.188. The van der Waals surface area contributed by atoms with Gasteiger partial charge >= 0.3 is 27.4 Å². The van der Waals surface area contributed by atoms with E-state index in [9.17, 15) is 13.2 Å². The Balaban J connectivity index is 0.000000322. The smallest absolute Gasteiger partial charge is 0.430 e. The highest BCUT2D eigenvalue weighted by Gasteiger charge is 2.28. The lowest BCUT2D eigenvalue weighted by atomic mass is 10.3. The standard InChI is InChI=1S/C14H14IO.C2HF3O2/c1-2-16-14-10-8-13(9-11-14)15-12-6-4-3-5-7-12;3-2(4,5)1(6)7/h3-11H,2H2,1H3;(H,6,7)/q+1;/p-1. The van der Waals surface area contributed by atoms with E-state index in [0.717, 1.165) is 12.4 Å². The molecule has 0 amide bonds. The number of hydrogen-bond donors (Lipinski definition) is 0. The van der Waals surface area contributed by atoms with Crippen LogP contribution in [0.2, 0.25) is 0 Å². The zero-order chi connectivity index (χ0) is 17.3. The van der Waals surface area contributed by atoms with Crippen molar-refractivity contribution >= 4 is 5.97 Å². The van der Waals surface area contributed by atoms with Gasteiger partial charge in [-0.25, -0.2) is 0 Å². The van der Waals surface area contributed by atoms with Crippen LogP contribution in [0.3, 0.4) is 0 Å². The molecular weight excluding hydrogens is 424 g/mol. The molecule has 0 unspecified atom stereocenters. The summed E-state index contributed by atoms with van der Waals surface area (Å²) in [6, 6.07) is 19.1. The number of carboxylic acids is 1. The first kappa shape index (κ1) is 19.3. The minimum atomic E-state index is -5.19. The second-order valence-electron chi connectivity index (χ2n) is 4.06. The van der Waals surface area contributed by atoms with E-state index in [1.54, 1.807) is 0 Å². The van der Waals surface area contributed by atoms with E-state index in [4.69, 9.17) is 14.6 Å². The van der Waals surface area contributed by atoms with Crippen LogP contribution in [0.25, 0.3) is 0 Å². The van der Waals surface area contributed by atoms with Gasteiger partial charge in [-0.1, -0.05) is 18.2 Å². The van der Waals surface area contributed by atoms with Crippen molar-refractivity contribution in [2.45, 2.75) is 13.1 Å². The number of ether oxygens (including phenoxy) is 1. The molecule has 0 aliphatic rings. The van der Waals surface area contributed by atoms with Crippen molar-refractivity contribution in [3.8, 4) is 5.75 Å². The number of benzene rings is 2. The minimum Gasteiger partial charge on any atom is -0.542 e. The van der Waals surface area contributed by atoms with Gasteiger partial charge in [-0.05, 0) is 43.3 Å². The zero-order valence-electron chi connectivity index (χ0n) is 12.1. The number of aliphatic carboxylic acids is 1. The lowest BCUT2D eigenvalue weighted by molar-refractivity contribution is -0.597. The maximum Gasteiger partial charge on any atom is 0.430 e. The SMILES string of the molecule is CCOc1ccc([I+]c2ccccc2)cc1.O=C([O-])C(F)(F)F. The van der Waals surface area contributed by atoms with E-state index in [-0.39, 0.29) is 21.2 Å². The molecule has 0 N–H and O–H groups in total. The Kier molecular flexibility index (Phi) is 7.87. The van der Waals surface area contributed by atoms with Crippen molar-refractivity contribution in [3.05, 3.63) is 61.7 Å². The van der Waals surface area contributed by atoms with Crippen molar-refractivity contribution in [1.29, 1.82) is 0 Å². The quantitative estimate of drug-likeness (QED) is 0.606. The van der Waals surface area contributed by atoms with Crippen molar-refractivity contribution in [3.63, 3.8) is 0 Å². The van der Waals surface area contributed by atoms with Gasteiger partial charge in [-0.3, -0.25) is 0 Å². The molecule has 3 nitrogen and oxygen atoms in total. The van der Waals surface area contributed by atoms with Gasteiger partial charge in [0.15, 0.2) is 7.14 Å². The molecule has 0 saturated heterocycles. The van der Waals surface area contributed by atoms with Crippen LogP contribution in [0.4, 0.5) is 13.2 Å². The fourth-order valence-electron chi connectivity index (χ4n) is 1.36. The fourth-order valence-corrected chi connectivity index (χ4v) is 3.58. The van der Waals surface area contributed by atoms with E-state index in [0.29, 0.717) is 0 Å². The molecule has 0 aliphatic heterocycles. The minimum absolute atomic E-state index is 0.0494. The Morgan fingerprint density at radius 3 is 1.96 bits per heavy atom. The van der Waals surface area contributed by atoms with E-state index < -0.39 is 12.1 Å². The lowest BCUT2D eigenvalue weighted by Gasteiger charge is -2.03. The first-order valence-corrected chi connectivity index (χ1v) is 8.69. The van der Waals surface area contributed by atoms with Gasteiger partial charge in [0.05, 0.1) is 6.61 Å². The topological polar surface area (TPSA) is 49.4 Å². The summed E-state index contributed by atoms with van der Waals surface area (Å²) in [7, 11) is 0. The maximum absolute atomic E-state index is 10.5. The van der Waals surface area contributed by atoms with E-state index in [1.807, 2.05) is 6.92 Å². The Morgan fingerprint density at radius 1 is 1.04 bits per heavy atom. The molecule has 0 aliphatic carbocycles. The summed E-state index contributed by atoms with van der Waals surface area (Å²) in [4.78, 5) is 8.78. The van der Waals surface area contributed by atoms with Gasteiger partial charge in [0.2, 0.25) is 0 Å². The Labute approximate surface area is 142 Å². The molecular formula is C16H14F3IO3. The molecule has 0 heterocycles. The third kappa shape index (κ3) is 7.87. The Bertz CT molecular complexity index is 598. The van der Waals surface area contributed by atoms with Crippen LogP contribution in [-0.4, -0.2) is 18.8 Å². The number of carbonyl (C=O) groups is 1. The van der Waals surface area contributed by atoms with Gasteiger partial charge in [-0.2, -0.15) is 13.2 Å². The van der Waals surface area contributed by atoms with Crippen LogP contribution < -0.4 is 31.0 Å². The number of rotatable bonds is 4. The number of carbonyl (C=O) groups excluding carboxylic acids is 1. The number of carboxylic acid groups (broad SMARTS) is 1. The largest absolute Gasteiger partial charge is 0.542 e. The number of halogens is 4. The normalized spacial score (nSPS) is 10.4. The van der Waals surface area contributed by atoms with Gasteiger partial charge in [0.1, 0.15) is 11.7 Å². The second-order valence-corrected chi connectivity index (χ2v) is 7.09. The van der Waals surface area contributed by atoms with E-state index >= 15 is 0 Å². The first-order chi connectivity index (χ1) is 10.8. The molecule has 124 valence electrons. The van der Waals surface area contributed by atoms with Crippen LogP contribution in [0.15, 0.2) is 54.6 Å². The second kappa shape index (κ2) is 9.39. The maximum atomic E-state index is 10.5. The number of alkyl halides is 3. The molecule has 23 heavy (non-hydrogen) atoms. The summed E-state index contributed by atoms with van der Waals surface area (Å²) < 4.78 is 39.8. The third-order valence-corrected chi connectivity index (χ3v) is 4.99. The monoisotopic (exact) mass is 438 g/mol. The van der Waals surface area contributed by atoms with Gasteiger partial charge in [0.25, 0.3) is 0 Å². The highest BCUT2D eigenvalue weighted by atomic mass is 127. The average Bonchev–Trinajstić information content (AvgIpc) is 2.50. The molecule has 2 rings (SSSR count). The summed E-state index contributed by atoms with van der Waals surface area (Å²) in [5.74, 6) is -2.05. The van der Waals surface area contributed by atoms with Crippen molar-refractivity contribution in [2.24, 2.45) is 0 Å². The van der Waals surface area contributed by atoms with Crippen LogP contribution in [0.1, 0.15) is 6.92 Å². The highest BCUT2D eigenvalue weighted by Crippen LogP contribution is 2.11. The first-order valence-electron chi connectivity index (χ1n) is 6.54.